The standard InChI is InChI=1S/C18H13F4N5/c19-13-1-3-14(4-2-13)27-17-16(8-25-27)15(5-6-24-17)12-7-23-11-26(9-12)10-18(20,21)22/h1-9H,10-11H2. The van der Waals surface area contributed by atoms with Gasteiger partial charge in [-0.3, -0.25) is 4.99 Å². The highest BCUT2D eigenvalue weighted by atomic mass is 19.4. The van der Waals surface area contributed by atoms with E-state index in [1.165, 1.54) is 24.5 Å². The maximum Gasteiger partial charge on any atom is 0.405 e. The predicted octanol–water partition coefficient (Wildman–Crippen LogP) is 3.81. The zero-order valence-corrected chi connectivity index (χ0v) is 13.9. The summed E-state index contributed by atoms with van der Waals surface area (Å²) in [6.07, 6.45) is 1.80. The van der Waals surface area contributed by atoms with Gasteiger partial charge in [-0.1, -0.05) is 0 Å². The number of fused-ring (bicyclic) bond motifs is 1. The molecular formula is C18H13F4N5. The first-order valence-corrected chi connectivity index (χ1v) is 8.02. The van der Waals surface area contributed by atoms with Crippen LogP contribution in [-0.2, 0) is 0 Å². The Labute approximate surface area is 151 Å². The molecule has 1 aliphatic heterocycles. The first kappa shape index (κ1) is 17.2. The molecule has 9 heteroatoms. The third-order valence-electron chi connectivity index (χ3n) is 4.05. The lowest BCUT2D eigenvalue weighted by atomic mass is 10.1. The van der Waals surface area contributed by atoms with Gasteiger partial charge in [0.1, 0.15) is 19.0 Å². The van der Waals surface area contributed by atoms with E-state index in [2.05, 4.69) is 15.1 Å². The first-order chi connectivity index (χ1) is 12.9. The largest absolute Gasteiger partial charge is 0.405 e. The fourth-order valence-corrected chi connectivity index (χ4v) is 2.93. The number of aliphatic imine (C=N–C) groups is 1. The molecule has 0 saturated carbocycles. The highest BCUT2D eigenvalue weighted by Crippen LogP contribution is 2.27. The zero-order chi connectivity index (χ0) is 19.0. The maximum absolute atomic E-state index is 13.2. The number of benzene rings is 1. The van der Waals surface area contributed by atoms with Crippen molar-refractivity contribution in [2.24, 2.45) is 4.99 Å². The van der Waals surface area contributed by atoms with Crippen LogP contribution in [0, 0.1) is 5.82 Å². The normalized spacial score (nSPS) is 14.7. The van der Waals surface area contributed by atoms with Crippen LogP contribution in [0.1, 0.15) is 5.56 Å². The Morgan fingerprint density at radius 3 is 2.59 bits per heavy atom. The van der Waals surface area contributed by atoms with Crippen molar-refractivity contribution in [1.82, 2.24) is 19.7 Å². The molecule has 1 aliphatic rings. The van der Waals surface area contributed by atoms with E-state index in [0.717, 1.165) is 4.90 Å². The monoisotopic (exact) mass is 375 g/mol. The van der Waals surface area contributed by atoms with Crippen molar-refractivity contribution in [1.29, 1.82) is 0 Å². The average Bonchev–Trinajstić information content (AvgIpc) is 3.05. The number of nitrogens with zero attached hydrogens (tertiary/aromatic N) is 5. The molecule has 3 heterocycles. The number of alkyl halides is 3. The van der Waals surface area contributed by atoms with Gasteiger partial charge in [-0.05, 0) is 35.9 Å². The van der Waals surface area contributed by atoms with Gasteiger partial charge in [0.15, 0.2) is 5.65 Å². The van der Waals surface area contributed by atoms with Crippen LogP contribution in [-0.4, -0.2) is 45.3 Å². The Morgan fingerprint density at radius 1 is 1.07 bits per heavy atom. The molecule has 0 bridgehead atoms. The van der Waals surface area contributed by atoms with Gasteiger partial charge in [-0.25, -0.2) is 14.1 Å². The topological polar surface area (TPSA) is 46.3 Å². The van der Waals surface area contributed by atoms with E-state index in [9.17, 15) is 17.6 Å². The summed E-state index contributed by atoms with van der Waals surface area (Å²) in [6.45, 7) is -1.12. The molecule has 0 atom stereocenters. The van der Waals surface area contributed by atoms with Crippen molar-refractivity contribution >= 4 is 22.8 Å². The van der Waals surface area contributed by atoms with Crippen LogP contribution >= 0.6 is 0 Å². The molecular weight excluding hydrogens is 362 g/mol. The number of allylic oxidation sites excluding steroid dienone is 1. The molecule has 0 spiro atoms. The van der Waals surface area contributed by atoms with Crippen LogP contribution in [0.4, 0.5) is 17.6 Å². The molecule has 2 aromatic heterocycles. The fraction of sp³-hybridized carbons (Fsp3) is 0.167. The second-order valence-electron chi connectivity index (χ2n) is 6.03. The fourth-order valence-electron chi connectivity index (χ4n) is 2.93. The Hall–Kier alpha value is -3.23. The minimum atomic E-state index is -4.31. The van der Waals surface area contributed by atoms with E-state index in [1.54, 1.807) is 35.3 Å². The first-order valence-electron chi connectivity index (χ1n) is 8.02. The molecule has 0 N–H and O–H groups in total. The van der Waals surface area contributed by atoms with Crippen LogP contribution in [0.15, 0.2) is 53.9 Å². The van der Waals surface area contributed by atoms with Crippen LogP contribution in [0.2, 0.25) is 0 Å². The van der Waals surface area contributed by atoms with Gasteiger partial charge in [0, 0.05) is 29.6 Å². The quantitative estimate of drug-likeness (QED) is 0.654. The van der Waals surface area contributed by atoms with Crippen LogP contribution in [0.3, 0.4) is 0 Å². The summed E-state index contributed by atoms with van der Waals surface area (Å²) in [4.78, 5) is 9.44. The van der Waals surface area contributed by atoms with Gasteiger partial charge in [0.25, 0.3) is 0 Å². The molecule has 4 rings (SSSR count). The highest BCUT2D eigenvalue weighted by molar-refractivity contribution is 6.14. The van der Waals surface area contributed by atoms with Crippen LogP contribution < -0.4 is 0 Å². The van der Waals surface area contributed by atoms with E-state index in [1.807, 2.05) is 0 Å². The number of hydrogen-bond acceptors (Lipinski definition) is 4. The minimum Gasteiger partial charge on any atom is -0.349 e. The SMILES string of the molecule is Fc1ccc(-n2ncc3c(C4=CN(CC(F)(F)F)CN=C4)ccnc32)cc1. The molecule has 3 aromatic rings. The molecule has 0 fully saturated rings. The van der Waals surface area contributed by atoms with Gasteiger partial charge in [0.2, 0.25) is 0 Å². The molecule has 138 valence electrons. The summed E-state index contributed by atoms with van der Waals surface area (Å²) in [5.74, 6) is -0.364. The maximum atomic E-state index is 13.2. The molecule has 0 amide bonds. The lowest BCUT2D eigenvalue weighted by Crippen LogP contribution is -2.32. The van der Waals surface area contributed by atoms with Crippen LogP contribution in [0.25, 0.3) is 22.3 Å². The summed E-state index contributed by atoms with van der Waals surface area (Å²) in [6, 6.07) is 7.48. The Morgan fingerprint density at radius 2 is 1.85 bits per heavy atom. The lowest BCUT2D eigenvalue weighted by Gasteiger charge is -2.23. The van der Waals surface area contributed by atoms with Crippen molar-refractivity contribution < 1.29 is 17.6 Å². The summed E-state index contributed by atoms with van der Waals surface area (Å²) < 4.78 is 52.7. The van der Waals surface area contributed by atoms with Gasteiger partial charge < -0.3 is 4.90 Å². The minimum absolute atomic E-state index is 0.0495. The molecule has 0 saturated heterocycles. The van der Waals surface area contributed by atoms with E-state index >= 15 is 0 Å². The van der Waals surface area contributed by atoms with Gasteiger partial charge >= 0.3 is 6.18 Å². The van der Waals surface area contributed by atoms with Gasteiger partial charge in [-0.15, -0.1) is 0 Å². The van der Waals surface area contributed by atoms with Gasteiger partial charge in [0.05, 0.1) is 11.9 Å². The van der Waals surface area contributed by atoms with Gasteiger partial charge in [-0.2, -0.15) is 18.3 Å². The van der Waals surface area contributed by atoms with E-state index in [0.29, 0.717) is 27.9 Å². The highest BCUT2D eigenvalue weighted by Gasteiger charge is 2.30. The third-order valence-corrected chi connectivity index (χ3v) is 4.05. The van der Waals surface area contributed by atoms with Crippen molar-refractivity contribution in [3.05, 3.63) is 60.3 Å². The Bertz CT molecular complexity index is 1030. The molecule has 0 unspecified atom stereocenters. The molecule has 5 nitrogen and oxygen atoms in total. The number of pyridine rings is 1. The van der Waals surface area contributed by atoms with Crippen molar-refractivity contribution in [3.8, 4) is 5.69 Å². The average molecular weight is 375 g/mol. The molecule has 27 heavy (non-hydrogen) atoms. The Kier molecular flexibility index (Phi) is 4.14. The summed E-state index contributed by atoms with van der Waals surface area (Å²) in [7, 11) is 0. The molecule has 1 aromatic carbocycles. The van der Waals surface area contributed by atoms with Crippen molar-refractivity contribution in [2.75, 3.05) is 13.2 Å². The smallest absolute Gasteiger partial charge is 0.349 e. The summed E-state index contributed by atoms with van der Waals surface area (Å²) >= 11 is 0. The third kappa shape index (κ3) is 3.53. The zero-order valence-electron chi connectivity index (χ0n) is 13.9. The van der Waals surface area contributed by atoms with Crippen molar-refractivity contribution in [3.63, 3.8) is 0 Å². The van der Waals surface area contributed by atoms with E-state index < -0.39 is 12.7 Å². The van der Waals surface area contributed by atoms with E-state index in [-0.39, 0.29) is 12.5 Å². The second kappa shape index (κ2) is 6.49. The summed E-state index contributed by atoms with van der Waals surface area (Å²) in [5.41, 5.74) is 2.35. The number of aromatic nitrogens is 3. The predicted molar refractivity (Wildman–Crippen MR) is 92.9 cm³/mol. The number of rotatable bonds is 3. The summed E-state index contributed by atoms with van der Waals surface area (Å²) in [5, 5.41) is 4.96. The second-order valence-corrected chi connectivity index (χ2v) is 6.03. The number of halogens is 4. The van der Waals surface area contributed by atoms with Crippen LogP contribution in [0.5, 0.6) is 0 Å². The van der Waals surface area contributed by atoms with Crippen molar-refractivity contribution in [2.45, 2.75) is 6.18 Å². The number of hydrogen-bond donors (Lipinski definition) is 0. The van der Waals surface area contributed by atoms with E-state index in [4.69, 9.17) is 0 Å². The lowest BCUT2D eigenvalue weighted by molar-refractivity contribution is -0.140. The molecule has 0 radical (unpaired) electrons. The Balaban J connectivity index is 1.75. The molecule has 0 aliphatic carbocycles.